The molecule has 100 valence electrons. The zero-order valence-electron chi connectivity index (χ0n) is 10.1. The molecule has 1 aromatic carbocycles. The highest BCUT2D eigenvalue weighted by atomic mass is 79.9. The highest BCUT2D eigenvalue weighted by Crippen LogP contribution is 2.21. The predicted octanol–water partition coefficient (Wildman–Crippen LogP) is 2.29. The van der Waals surface area contributed by atoms with Crippen molar-refractivity contribution in [3.8, 4) is 5.75 Å². The summed E-state index contributed by atoms with van der Waals surface area (Å²) in [5.74, 6) is -1.35. The minimum absolute atomic E-state index is 0.106. The second kappa shape index (κ2) is 6.84. The van der Waals surface area contributed by atoms with Gasteiger partial charge in [-0.3, -0.25) is 4.79 Å². The lowest BCUT2D eigenvalue weighted by molar-refractivity contribution is -0.150. The van der Waals surface area contributed by atoms with E-state index in [0.717, 1.165) is 0 Å². The fraction of sp³-hybridized carbons (Fsp3) is 0.154. The Balaban J connectivity index is 2.65. The van der Waals surface area contributed by atoms with Gasteiger partial charge in [0.25, 0.3) is 0 Å². The standard InChI is InChI=1S/C13H11BrO5/c1-8(2)13(17)18-7-12(16)19-11-4-3-10(14)5-9(11)6-15/h3-6H,1,7H2,2H3. The van der Waals surface area contributed by atoms with Gasteiger partial charge in [0, 0.05) is 10.0 Å². The van der Waals surface area contributed by atoms with Crippen LogP contribution in [0.3, 0.4) is 0 Å². The van der Waals surface area contributed by atoms with Gasteiger partial charge in [-0.2, -0.15) is 0 Å². The maximum absolute atomic E-state index is 11.4. The van der Waals surface area contributed by atoms with E-state index in [1.807, 2.05) is 0 Å². The fourth-order valence-corrected chi connectivity index (χ4v) is 1.48. The molecule has 0 fully saturated rings. The third-order valence-corrected chi connectivity index (χ3v) is 2.49. The molecule has 1 rings (SSSR count). The molecule has 0 spiro atoms. The summed E-state index contributed by atoms with van der Waals surface area (Å²) in [4.78, 5) is 33.3. The lowest BCUT2D eigenvalue weighted by Gasteiger charge is -2.07. The minimum atomic E-state index is -0.778. The molecule has 19 heavy (non-hydrogen) atoms. The minimum Gasteiger partial charge on any atom is -0.450 e. The molecule has 0 unspecified atom stereocenters. The zero-order chi connectivity index (χ0) is 14.4. The van der Waals surface area contributed by atoms with Crippen LogP contribution in [-0.4, -0.2) is 24.8 Å². The summed E-state index contributed by atoms with van der Waals surface area (Å²) in [6.07, 6.45) is 0.563. The van der Waals surface area contributed by atoms with Gasteiger partial charge in [-0.05, 0) is 25.1 Å². The third-order valence-electron chi connectivity index (χ3n) is 1.99. The van der Waals surface area contributed by atoms with Gasteiger partial charge in [0.2, 0.25) is 0 Å². The maximum atomic E-state index is 11.4. The molecule has 1 aromatic rings. The lowest BCUT2D eigenvalue weighted by atomic mass is 10.2. The van der Waals surface area contributed by atoms with Crippen molar-refractivity contribution < 1.29 is 23.9 Å². The maximum Gasteiger partial charge on any atom is 0.349 e. The monoisotopic (exact) mass is 326 g/mol. The van der Waals surface area contributed by atoms with Crippen molar-refractivity contribution in [3.05, 3.63) is 40.4 Å². The van der Waals surface area contributed by atoms with E-state index < -0.39 is 18.5 Å². The van der Waals surface area contributed by atoms with Gasteiger partial charge >= 0.3 is 11.9 Å². The summed E-state index contributed by atoms with van der Waals surface area (Å²) >= 11 is 3.19. The smallest absolute Gasteiger partial charge is 0.349 e. The van der Waals surface area contributed by atoms with Crippen LogP contribution in [0.25, 0.3) is 0 Å². The van der Waals surface area contributed by atoms with Gasteiger partial charge in [0.1, 0.15) is 5.75 Å². The first-order valence-corrected chi connectivity index (χ1v) is 6.01. The SMILES string of the molecule is C=C(C)C(=O)OCC(=O)Oc1ccc(Br)cc1C=O. The molecule has 0 bridgehead atoms. The van der Waals surface area contributed by atoms with E-state index >= 15 is 0 Å². The Morgan fingerprint density at radius 1 is 1.42 bits per heavy atom. The van der Waals surface area contributed by atoms with Gasteiger partial charge in [0.15, 0.2) is 12.9 Å². The van der Waals surface area contributed by atoms with E-state index in [9.17, 15) is 14.4 Å². The number of carbonyl (C=O) groups excluding carboxylic acids is 3. The third kappa shape index (κ3) is 4.67. The normalized spacial score (nSPS) is 9.58. The summed E-state index contributed by atoms with van der Waals surface area (Å²) in [6.45, 7) is 4.30. The van der Waals surface area contributed by atoms with Crippen LogP contribution in [0.2, 0.25) is 0 Å². The number of carbonyl (C=O) groups is 3. The van der Waals surface area contributed by atoms with Crippen molar-refractivity contribution in [2.75, 3.05) is 6.61 Å². The van der Waals surface area contributed by atoms with Gasteiger partial charge in [-0.25, -0.2) is 9.59 Å². The second-order valence-electron chi connectivity index (χ2n) is 3.63. The number of ether oxygens (including phenoxy) is 2. The van der Waals surface area contributed by atoms with E-state index in [1.165, 1.54) is 19.1 Å². The van der Waals surface area contributed by atoms with Crippen LogP contribution >= 0.6 is 15.9 Å². The van der Waals surface area contributed by atoms with E-state index in [0.29, 0.717) is 10.8 Å². The van der Waals surface area contributed by atoms with Gasteiger partial charge < -0.3 is 9.47 Å². The highest BCUT2D eigenvalue weighted by molar-refractivity contribution is 9.10. The van der Waals surface area contributed by atoms with Crippen molar-refractivity contribution >= 4 is 34.2 Å². The van der Waals surface area contributed by atoms with Gasteiger partial charge in [-0.15, -0.1) is 0 Å². The number of halogens is 1. The summed E-state index contributed by atoms with van der Waals surface area (Å²) in [6, 6.07) is 4.59. The zero-order valence-corrected chi connectivity index (χ0v) is 11.7. The first-order chi connectivity index (χ1) is 8.93. The molecule has 0 saturated carbocycles. The first-order valence-electron chi connectivity index (χ1n) is 5.22. The van der Waals surface area contributed by atoms with Gasteiger partial charge in [-0.1, -0.05) is 22.5 Å². The topological polar surface area (TPSA) is 69.7 Å². The van der Waals surface area contributed by atoms with Crippen LogP contribution in [0.1, 0.15) is 17.3 Å². The number of hydrogen-bond donors (Lipinski definition) is 0. The van der Waals surface area contributed by atoms with Crippen LogP contribution in [0, 0.1) is 0 Å². The summed E-state index contributed by atoms with van der Waals surface area (Å²) in [5.41, 5.74) is 0.402. The first kappa shape index (κ1) is 15.1. The van der Waals surface area contributed by atoms with Crippen LogP contribution in [0.4, 0.5) is 0 Å². The van der Waals surface area contributed by atoms with E-state index in [2.05, 4.69) is 27.2 Å². The number of aldehydes is 1. The molecule has 0 aliphatic heterocycles. The molecule has 0 radical (unpaired) electrons. The molecule has 0 aliphatic rings. The Morgan fingerprint density at radius 2 is 2.11 bits per heavy atom. The largest absolute Gasteiger partial charge is 0.450 e. The van der Waals surface area contributed by atoms with Crippen LogP contribution in [-0.2, 0) is 14.3 Å². The van der Waals surface area contributed by atoms with Crippen LogP contribution < -0.4 is 4.74 Å². The average molecular weight is 327 g/mol. The van der Waals surface area contributed by atoms with E-state index in [4.69, 9.17) is 4.74 Å². The van der Waals surface area contributed by atoms with Gasteiger partial charge in [0.05, 0.1) is 5.56 Å². The Kier molecular flexibility index (Phi) is 5.44. The number of hydrogen-bond acceptors (Lipinski definition) is 5. The Labute approximate surface area is 118 Å². The number of esters is 2. The molecule has 5 nitrogen and oxygen atoms in total. The molecule has 0 atom stereocenters. The number of benzene rings is 1. The highest BCUT2D eigenvalue weighted by Gasteiger charge is 2.12. The van der Waals surface area contributed by atoms with Crippen molar-refractivity contribution in [2.24, 2.45) is 0 Å². The molecule has 0 aliphatic carbocycles. The fourth-order valence-electron chi connectivity index (χ4n) is 1.10. The Bertz CT molecular complexity index is 536. The molecule has 0 heterocycles. The molecule has 6 heteroatoms. The molecule has 0 N–H and O–H groups in total. The molecule has 0 saturated heterocycles. The van der Waals surface area contributed by atoms with Crippen LogP contribution in [0.5, 0.6) is 5.75 Å². The van der Waals surface area contributed by atoms with Crippen molar-refractivity contribution in [3.63, 3.8) is 0 Å². The number of rotatable bonds is 5. The van der Waals surface area contributed by atoms with E-state index in [1.54, 1.807) is 6.07 Å². The quantitative estimate of drug-likeness (QED) is 0.359. The average Bonchev–Trinajstić information content (AvgIpc) is 2.37. The van der Waals surface area contributed by atoms with E-state index in [-0.39, 0.29) is 16.9 Å². The Hall–Kier alpha value is -1.95. The predicted molar refractivity (Wildman–Crippen MR) is 70.9 cm³/mol. The molecular formula is C13H11BrO5. The summed E-state index contributed by atoms with van der Waals surface area (Å²) in [5, 5.41) is 0. The van der Waals surface area contributed by atoms with Crippen molar-refractivity contribution in [2.45, 2.75) is 6.92 Å². The molecular weight excluding hydrogens is 316 g/mol. The van der Waals surface area contributed by atoms with Crippen molar-refractivity contribution in [1.82, 2.24) is 0 Å². The summed E-state index contributed by atoms with van der Waals surface area (Å²) < 4.78 is 10.2. The molecule has 0 amide bonds. The summed E-state index contributed by atoms with van der Waals surface area (Å²) in [7, 11) is 0. The van der Waals surface area contributed by atoms with Crippen molar-refractivity contribution in [1.29, 1.82) is 0 Å². The molecule has 0 aromatic heterocycles. The second-order valence-corrected chi connectivity index (χ2v) is 4.55. The van der Waals surface area contributed by atoms with Crippen LogP contribution in [0.15, 0.2) is 34.8 Å². The Morgan fingerprint density at radius 3 is 2.68 bits per heavy atom. The lowest BCUT2D eigenvalue weighted by Crippen LogP contribution is -2.19.